The van der Waals surface area contributed by atoms with Gasteiger partial charge in [-0.15, -0.1) is 0 Å². The normalized spacial score (nSPS) is 27.2. The number of halogens is 1. The molecule has 0 spiro atoms. The van der Waals surface area contributed by atoms with Crippen LogP contribution in [0.25, 0.3) is 0 Å². The molecule has 0 fully saturated rings. The Balaban J connectivity index is 1.87. The van der Waals surface area contributed by atoms with E-state index >= 15 is 0 Å². The molecule has 6 N–H and O–H groups in total. The molecular weight excluding hydrogens is 526 g/mol. The van der Waals surface area contributed by atoms with Gasteiger partial charge in [0.1, 0.15) is 22.8 Å². The van der Waals surface area contributed by atoms with Crippen molar-refractivity contribution >= 4 is 29.1 Å². The maximum absolute atomic E-state index is 13.8. The SMILES string of the molecule is CCC(C)(C)N(C)Cc1cc(O)c2c(c1Cl)C[C@H]1C[C@H]3[C@H](N(C)C)C(O)=C(C(N)=O)C(=O)[C@@]3(O)C(O)=C1C2=O. The van der Waals surface area contributed by atoms with Gasteiger partial charge in [0.2, 0.25) is 5.78 Å². The van der Waals surface area contributed by atoms with Crippen LogP contribution in [0.3, 0.4) is 0 Å². The molecule has 3 aliphatic rings. The summed E-state index contributed by atoms with van der Waals surface area (Å²) in [5.41, 5.74) is 2.47. The third-order valence-corrected chi connectivity index (χ3v) is 9.51. The number of Topliss-reactive ketones (excluding diaryl/α,β-unsaturated/α-hetero) is 2. The number of aliphatic hydroxyl groups excluding tert-OH is 2. The van der Waals surface area contributed by atoms with E-state index in [1.165, 1.54) is 11.0 Å². The minimum absolute atomic E-state index is 0.00977. The van der Waals surface area contributed by atoms with Crippen molar-refractivity contribution in [2.75, 3.05) is 21.1 Å². The molecule has 0 saturated carbocycles. The van der Waals surface area contributed by atoms with Crippen LogP contribution in [0.1, 0.15) is 55.1 Å². The number of benzene rings is 1. The monoisotopic (exact) mass is 561 g/mol. The highest BCUT2D eigenvalue weighted by atomic mass is 35.5. The lowest BCUT2D eigenvalue weighted by Crippen LogP contribution is -2.63. The topological polar surface area (TPSA) is 165 Å². The van der Waals surface area contributed by atoms with E-state index in [-0.39, 0.29) is 35.3 Å². The van der Waals surface area contributed by atoms with Gasteiger partial charge >= 0.3 is 0 Å². The van der Waals surface area contributed by atoms with Crippen molar-refractivity contribution in [1.82, 2.24) is 9.80 Å². The highest BCUT2D eigenvalue weighted by Gasteiger charge is 2.63. The van der Waals surface area contributed by atoms with Gasteiger partial charge in [0, 0.05) is 28.6 Å². The molecule has 1 amide bonds. The Bertz CT molecular complexity index is 1350. The van der Waals surface area contributed by atoms with Crippen LogP contribution in [0.15, 0.2) is 28.7 Å². The van der Waals surface area contributed by atoms with E-state index in [0.717, 1.165) is 6.42 Å². The standard InChI is InChI=1S/C28H36ClN3O7/c1-7-27(2,3)32(6)11-13-10-16(33)18-14(20(13)29)8-12-9-15-21(31(4)5)23(35)19(26(30)38)25(37)28(15,39)24(36)17(12)22(18)34/h10,12,15,21,33,35-36,39H,7-9,11H2,1-6H3,(H2,30,38)/t12-,15-,21-,28-/m0/s1. The number of fused-ring (bicyclic) bond motifs is 3. The van der Waals surface area contributed by atoms with Crippen LogP contribution in [0.4, 0.5) is 0 Å². The third kappa shape index (κ3) is 4.16. The first-order valence-electron chi connectivity index (χ1n) is 12.9. The molecule has 11 heteroatoms. The van der Waals surface area contributed by atoms with Crippen molar-refractivity contribution in [3.63, 3.8) is 0 Å². The molecule has 4 rings (SSSR count). The summed E-state index contributed by atoms with van der Waals surface area (Å²) in [6.07, 6.45) is 1.03. The molecule has 0 aromatic heterocycles. The van der Waals surface area contributed by atoms with E-state index < -0.39 is 58.0 Å². The first-order chi connectivity index (χ1) is 18.0. The van der Waals surface area contributed by atoms with Crippen molar-refractivity contribution in [1.29, 1.82) is 0 Å². The Labute approximate surface area is 232 Å². The van der Waals surface area contributed by atoms with Crippen LogP contribution in [-0.2, 0) is 22.6 Å². The quantitative estimate of drug-likeness (QED) is 0.328. The zero-order chi connectivity index (χ0) is 29.4. The van der Waals surface area contributed by atoms with Gasteiger partial charge in [0.25, 0.3) is 5.91 Å². The van der Waals surface area contributed by atoms with Crippen LogP contribution in [-0.4, -0.2) is 86.0 Å². The van der Waals surface area contributed by atoms with Crippen molar-refractivity contribution < 1.29 is 34.8 Å². The predicted octanol–water partition coefficient (Wildman–Crippen LogP) is 2.39. The fraction of sp³-hybridized carbons (Fsp3) is 0.536. The molecule has 0 bridgehead atoms. The summed E-state index contributed by atoms with van der Waals surface area (Å²) in [5, 5.41) is 45.2. The lowest BCUT2D eigenvalue weighted by Gasteiger charge is -2.50. The molecule has 0 unspecified atom stereocenters. The number of amides is 1. The molecule has 10 nitrogen and oxygen atoms in total. The van der Waals surface area contributed by atoms with Gasteiger partial charge in [0.15, 0.2) is 11.4 Å². The number of aromatic hydroxyl groups is 1. The van der Waals surface area contributed by atoms with E-state index in [1.807, 2.05) is 7.05 Å². The van der Waals surface area contributed by atoms with Crippen molar-refractivity contribution in [2.24, 2.45) is 17.6 Å². The second kappa shape index (κ2) is 9.62. The molecule has 1 aromatic carbocycles. The van der Waals surface area contributed by atoms with Crippen LogP contribution in [0, 0.1) is 11.8 Å². The smallest absolute Gasteiger partial charge is 0.255 e. The van der Waals surface area contributed by atoms with Gasteiger partial charge in [-0.05, 0) is 77.4 Å². The van der Waals surface area contributed by atoms with Crippen molar-refractivity contribution in [3.8, 4) is 5.75 Å². The fourth-order valence-corrected chi connectivity index (χ4v) is 6.49. The van der Waals surface area contributed by atoms with E-state index in [4.69, 9.17) is 17.3 Å². The minimum atomic E-state index is -2.67. The number of rotatable bonds is 6. The lowest BCUT2D eigenvalue weighted by atomic mass is 9.58. The molecule has 0 aliphatic heterocycles. The number of nitrogens with zero attached hydrogens (tertiary/aromatic N) is 2. The molecule has 0 heterocycles. The van der Waals surface area contributed by atoms with E-state index in [2.05, 4.69) is 25.7 Å². The summed E-state index contributed by atoms with van der Waals surface area (Å²) >= 11 is 6.83. The van der Waals surface area contributed by atoms with E-state index in [9.17, 15) is 34.8 Å². The average Bonchev–Trinajstić information content (AvgIpc) is 2.83. The first-order valence-corrected chi connectivity index (χ1v) is 13.3. The average molecular weight is 562 g/mol. The van der Waals surface area contributed by atoms with Crippen LogP contribution in [0.5, 0.6) is 5.75 Å². The van der Waals surface area contributed by atoms with Gasteiger partial charge in [0.05, 0.1) is 11.6 Å². The van der Waals surface area contributed by atoms with Crippen molar-refractivity contribution in [3.05, 3.63) is 50.4 Å². The van der Waals surface area contributed by atoms with Crippen molar-refractivity contribution in [2.45, 2.75) is 63.8 Å². The Hall–Kier alpha value is -2.92. The Morgan fingerprint density at radius 2 is 1.82 bits per heavy atom. The number of carbonyl (C=O) groups excluding carboxylic acids is 3. The van der Waals surface area contributed by atoms with Crippen LogP contribution in [0.2, 0.25) is 5.02 Å². The maximum atomic E-state index is 13.8. The van der Waals surface area contributed by atoms with Gasteiger partial charge in [-0.2, -0.15) is 0 Å². The molecule has 3 aliphatic carbocycles. The molecule has 39 heavy (non-hydrogen) atoms. The summed E-state index contributed by atoms with van der Waals surface area (Å²) < 4.78 is 0. The number of nitrogens with two attached hydrogens (primary N) is 1. The highest BCUT2D eigenvalue weighted by Crippen LogP contribution is 2.53. The minimum Gasteiger partial charge on any atom is -0.510 e. The molecule has 0 saturated heterocycles. The lowest BCUT2D eigenvalue weighted by molar-refractivity contribution is -0.148. The zero-order valence-corrected chi connectivity index (χ0v) is 23.8. The number of hydrogen-bond acceptors (Lipinski definition) is 9. The third-order valence-electron chi connectivity index (χ3n) is 9.04. The zero-order valence-electron chi connectivity index (χ0n) is 23.0. The number of phenols is 1. The fourth-order valence-electron chi connectivity index (χ4n) is 6.21. The second-order valence-corrected chi connectivity index (χ2v) is 12.1. The summed E-state index contributed by atoms with van der Waals surface area (Å²) in [6.45, 7) is 6.67. The van der Waals surface area contributed by atoms with Gasteiger partial charge < -0.3 is 26.2 Å². The number of hydrogen-bond donors (Lipinski definition) is 5. The molecule has 212 valence electrons. The van der Waals surface area contributed by atoms with Crippen LogP contribution < -0.4 is 5.73 Å². The Morgan fingerprint density at radius 1 is 1.21 bits per heavy atom. The van der Waals surface area contributed by atoms with Gasteiger partial charge in [-0.3, -0.25) is 24.2 Å². The Morgan fingerprint density at radius 3 is 2.36 bits per heavy atom. The maximum Gasteiger partial charge on any atom is 0.255 e. The second-order valence-electron chi connectivity index (χ2n) is 11.7. The number of aliphatic hydroxyl groups is 3. The largest absolute Gasteiger partial charge is 0.510 e. The molecule has 0 radical (unpaired) electrons. The van der Waals surface area contributed by atoms with Gasteiger partial charge in [-0.25, -0.2) is 0 Å². The van der Waals surface area contributed by atoms with Crippen LogP contribution >= 0.6 is 11.6 Å². The molecule has 1 aromatic rings. The number of ketones is 2. The molecule has 4 atom stereocenters. The summed E-state index contributed by atoms with van der Waals surface area (Å²) in [6, 6.07) is 0.384. The number of allylic oxidation sites excluding steroid dienone is 1. The number of likely N-dealkylation sites (N-methyl/N-ethyl adjacent to an activating group) is 1. The Kier molecular flexibility index (Phi) is 7.17. The number of primary amides is 1. The summed E-state index contributed by atoms with van der Waals surface area (Å²) in [4.78, 5) is 42.8. The molecular formula is C28H36ClN3O7. The number of carbonyl (C=O) groups is 3. The highest BCUT2D eigenvalue weighted by molar-refractivity contribution is 6.33. The first kappa shape index (κ1) is 29.1. The van der Waals surface area contributed by atoms with E-state index in [1.54, 1.807) is 14.1 Å². The number of phenolic OH excluding ortho intramolecular Hbond substituents is 1. The van der Waals surface area contributed by atoms with Gasteiger partial charge in [-0.1, -0.05) is 18.5 Å². The predicted molar refractivity (Wildman–Crippen MR) is 145 cm³/mol. The van der Waals surface area contributed by atoms with E-state index in [0.29, 0.717) is 22.7 Å². The summed E-state index contributed by atoms with van der Waals surface area (Å²) in [5.74, 6) is -6.86. The summed E-state index contributed by atoms with van der Waals surface area (Å²) in [7, 11) is 5.12.